The molecule has 1 aromatic carbocycles. The topological polar surface area (TPSA) is 54.2 Å². The number of anilines is 2. The Morgan fingerprint density at radius 2 is 2.05 bits per heavy atom. The molecule has 0 atom stereocenters. The van der Waals surface area contributed by atoms with Crippen molar-refractivity contribution in [3.05, 3.63) is 53.2 Å². The van der Waals surface area contributed by atoms with Gasteiger partial charge in [-0.05, 0) is 31.6 Å². The largest absolute Gasteiger partial charge is 0.396 e. The van der Waals surface area contributed by atoms with Crippen LogP contribution in [0.1, 0.15) is 12.0 Å². The van der Waals surface area contributed by atoms with E-state index in [1.54, 1.807) is 12.3 Å². The monoisotopic (exact) mass is 304 g/mol. The maximum absolute atomic E-state index is 5.85. The summed E-state index contributed by atoms with van der Waals surface area (Å²) in [4.78, 5) is 6.48. The second-order valence-corrected chi connectivity index (χ2v) is 5.53. The maximum Gasteiger partial charge on any atom is 0.149 e. The number of nitrogens with zero attached hydrogens (tertiary/aromatic N) is 2. The van der Waals surface area contributed by atoms with Gasteiger partial charge in [-0.25, -0.2) is 4.98 Å². The van der Waals surface area contributed by atoms with Crippen molar-refractivity contribution in [2.75, 3.05) is 31.2 Å². The van der Waals surface area contributed by atoms with Gasteiger partial charge in [0.2, 0.25) is 0 Å². The second-order valence-electron chi connectivity index (χ2n) is 5.10. The van der Waals surface area contributed by atoms with Gasteiger partial charge in [-0.15, -0.1) is 0 Å². The highest BCUT2D eigenvalue weighted by atomic mass is 35.5. The molecule has 0 aliphatic rings. The molecule has 0 unspecified atom stereocenters. The Bertz CT molecular complexity index is 559. The summed E-state index contributed by atoms with van der Waals surface area (Å²) < 4.78 is 0. The van der Waals surface area contributed by atoms with Crippen LogP contribution in [0.2, 0.25) is 5.02 Å². The predicted octanol–water partition coefficient (Wildman–Crippen LogP) is 3.25. The fourth-order valence-corrected chi connectivity index (χ4v) is 2.30. The van der Waals surface area contributed by atoms with E-state index in [0.717, 1.165) is 26.1 Å². The number of hydrogen-bond donors (Lipinski definition) is 2. The smallest absolute Gasteiger partial charge is 0.149 e. The van der Waals surface area contributed by atoms with Crippen molar-refractivity contribution in [3.8, 4) is 0 Å². The Morgan fingerprint density at radius 1 is 1.29 bits per heavy atom. The average Bonchev–Trinajstić information content (AvgIpc) is 2.46. The van der Waals surface area contributed by atoms with E-state index in [0.29, 0.717) is 16.5 Å². The zero-order chi connectivity index (χ0) is 15.1. The molecule has 0 aliphatic heterocycles. The van der Waals surface area contributed by atoms with Gasteiger partial charge in [0.1, 0.15) is 5.82 Å². The average molecular weight is 305 g/mol. The molecule has 3 N–H and O–H groups in total. The lowest BCUT2D eigenvalue weighted by atomic mass is 10.2. The van der Waals surface area contributed by atoms with Gasteiger partial charge in [-0.3, -0.25) is 0 Å². The molecule has 0 amide bonds. The standard InChI is InChI=1S/C16H21ClN4/c1-21(12-13-6-3-2-4-7-13)9-5-8-19-16-15(18)10-14(17)11-20-16/h2-4,6-7,10-11H,5,8-9,12,18H2,1H3,(H,19,20). The summed E-state index contributed by atoms with van der Waals surface area (Å²) in [5.41, 5.74) is 7.76. The molecule has 0 saturated carbocycles. The van der Waals surface area contributed by atoms with E-state index in [1.807, 2.05) is 6.07 Å². The lowest BCUT2D eigenvalue weighted by molar-refractivity contribution is 0.325. The first-order valence-corrected chi connectivity index (χ1v) is 7.40. The molecular formula is C16H21ClN4. The van der Waals surface area contributed by atoms with Crippen molar-refractivity contribution >= 4 is 23.1 Å². The molecule has 21 heavy (non-hydrogen) atoms. The third-order valence-electron chi connectivity index (χ3n) is 3.19. The number of nitrogens with one attached hydrogen (secondary N) is 1. The summed E-state index contributed by atoms with van der Waals surface area (Å²) >= 11 is 5.82. The molecule has 0 fully saturated rings. The van der Waals surface area contributed by atoms with Crippen molar-refractivity contribution in [2.45, 2.75) is 13.0 Å². The Kier molecular flexibility index (Phi) is 5.84. The molecule has 0 radical (unpaired) electrons. The summed E-state index contributed by atoms with van der Waals surface area (Å²) in [6, 6.07) is 12.2. The van der Waals surface area contributed by atoms with E-state index >= 15 is 0 Å². The Hall–Kier alpha value is -1.78. The van der Waals surface area contributed by atoms with Gasteiger partial charge in [-0.1, -0.05) is 41.9 Å². The van der Waals surface area contributed by atoms with Crippen LogP contribution < -0.4 is 11.1 Å². The third-order valence-corrected chi connectivity index (χ3v) is 3.39. The highest BCUT2D eigenvalue weighted by molar-refractivity contribution is 6.30. The minimum Gasteiger partial charge on any atom is -0.396 e. The van der Waals surface area contributed by atoms with Gasteiger partial charge in [0.25, 0.3) is 0 Å². The summed E-state index contributed by atoms with van der Waals surface area (Å²) in [6.07, 6.45) is 2.62. The van der Waals surface area contributed by atoms with Gasteiger partial charge in [0.05, 0.1) is 10.7 Å². The Labute approximate surface area is 130 Å². The highest BCUT2D eigenvalue weighted by Crippen LogP contribution is 2.19. The number of pyridine rings is 1. The minimum absolute atomic E-state index is 0.556. The fourth-order valence-electron chi connectivity index (χ4n) is 2.13. The van der Waals surface area contributed by atoms with Gasteiger partial charge in [0, 0.05) is 19.3 Å². The number of rotatable bonds is 7. The van der Waals surface area contributed by atoms with Gasteiger partial charge < -0.3 is 16.0 Å². The number of aromatic nitrogens is 1. The minimum atomic E-state index is 0.556. The van der Waals surface area contributed by atoms with Gasteiger partial charge >= 0.3 is 0 Å². The molecule has 5 heteroatoms. The second kappa shape index (κ2) is 7.86. The first-order chi connectivity index (χ1) is 10.1. The molecular weight excluding hydrogens is 284 g/mol. The summed E-state index contributed by atoms with van der Waals surface area (Å²) in [6.45, 7) is 2.80. The van der Waals surface area contributed by atoms with Crippen LogP contribution in [0.25, 0.3) is 0 Å². The molecule has 0 bridgehead atoms. The molecule has 112 valence electrons. The molecule has 0 saturated heterocycles. The van der Waals surface area contributed by atoms with Gasteiger partial charge in [-0.2, -0.15) is 0 Å². The lowest BCUT2D eigenvalue weighted by Crippen LogP contribution is -2.21. The molecule has 2 rings (SSSR count). The zero-order valence-corrected chi connectivity index (χ0v) is 13.0. The maximum atomic E-state index is 5.85. The van der Waals surface area contributed by atoms with E-state index in [2.05, 4.69) is 46.5 Å². The van der Waals surface area contributed by atoms with Crippen LogP contribution >= 0.6 is 11.6 Å². The van der Waals surface area contributed by atoms with Crippen molar-refractivity contribution in [1.29, 1.82) is 0 Å². The van der Waals surface area contributed by atoms with Crippen LogP contribution in [0.3, 0.4) is 0 Å². The molecule has 1 heterocycles. The molecule has 2 aromatic rings. The highest BCUT2D eigenvalue weighted by Gasteiger charge is 2.02. The first kappa shape index (κ1) is 15.6. The van der Waals surface area contributed by atoms with Crippen LogP contribution in [0.15, 0.2) is 42.6 Å². The normalized spacial score (nSPS) is 10.8. The zero-order valence-electron chi connectivity index (χ0n) is 12.2. The van der Waals surface area contributed by atoms with Crippen molar-refractivity contribution in [3.63, 3.8) is 0 Å². The van der Waals surface area contributed by atoms with Crippen LogP contribution in [0, 0.1) is 0 Å². The SMILES string of the molecule is CN(CCCNc1ncc(Cl)cc1N)Cc1ccccc1. The van der Waals surface area contributed by atoms with Crippen molar-refractivity contribution < 1.29 is 0 Å². The molecule has 1 aromatic heterocycles. The van der Waals surface area contributed by atoms with E-state index in [1.165, 1.54) is 5.56 Å². The Morgan fingerprint density at radius 3 is 2.76 bits per heavy atom. The van der Waals surface area contributed by atoms with Crippen molar-refractivity contribution in [1.82, 2.24) is 9.88 Å². The van der Waals surface area contributed by atoms with E-state index in [4.69, 9.17) is 17.3 Å². The van der Waals surface area contributed by atoms with Crippen LogP contribution in [0.5, 0.6) is 0 Å². The predicted molar refractivity (Wildman–Crippen MR) is 89.5 cm³/mol. The Balaban J connectivity index is 1.69. The third kappa shape index (κ3) is 5.25. The summed E-state index contributed by atoms with van der Waals surface area (Å²) in [7, 11) is 2.13. The number of benzene rings is 1. The van der Waals surface area contributed by atoms with Crippen molar-refractivity contribution in [2.24, 2.45) is 0 Å². The van der Waals surface area contributed by atoms with E-state index in [-0.39, 0.29) is 0 Å². The number of hydrogen-bond acceptors (Lipinski definition) is 4. The van der Waals surface area contributed by atoms with Crippen LogP contribution in [-0.2, 0) is 6.54 Å². The molecule has 0 spiro atoms. The number of nitrogen functional groups attached to an aromatic ring is 1. The van der Waals surface area contributed by atoms with E-state index in [9.17, 15) is 0 Å². The lowest BCUT2D eigenvalue weighted by Gasteiger charge is -2.17. The molecule has 4 nitrogen and oxygen atoms in total. The first-order valence-electron chi connectivity index (χ1n) is 7.02. The fraction of sp³-hybridized carbons (Fsp3) is 0.312. The number of nitrogens with two attached hydrogens (primary N) is 1. The molecule has 0 aliphatic carbocycles. The van der Waals surface area contributed by atoms with E-state index < -0.39 is 0 Å². The number of halogens is 1. The van der Waals surface area contributed by atoms with Crippen LogP contribution in [-0.4, -0.2) is 30.0 Å². The van der Waals surface area contributed by atoms with Gasteiger partial charge in [0.15, 0.2) is 0 Å². The summed E-state index contributed by atoms with van der Waals surface area (Å²) in [5.74, 6) is 0.699. The van der Waals surface area contributed by atoms with Crippen LogP contribution in [0.4, 0.5) is 11.5 Å². The quantitative estimate of drug-likeness (QED) is 0.771. The summed E-state index contributed by atoms with van der Waals surface area (Å²) in [5, 5.41) is 3.79.